The monoisotopic (exact) mass is 249 g/mol. The van der Waals surface area contributed by atoms with E-state index in [2.05, 4.69) is 68.2 Å². The van der Waals surface area contributed by atoms with Crippen molar-refractivity contribution in [1.82, 2.24) is 5.32 Å². The Balaban J connectivity index is 1.93. The molecule has 2 unspecified atom stereocenters. The molecule has 1 aromatic carbocycles. The lowest BCUT2D eigenvalue weighted by Gasteiger charge is -2.28. The fourth-order valence-electron chi connectivity index (χ4n) is 2.38. The van der Waals surface area contributed by atoms with Gasteiger partial charge in [0.15, 0.2) is 0 Å². The van der Waals surface area contributed by atoms with Gasteiger partial charge in [-0.2, -0.15) is 11.8 Å². The van der Waals surface area contributed by atoms with Gasteiger partial charge < -0.3 is 5.32 Å². The van der Waals surface area contributed by atoms with E-state index in [0.717, 1.165) is 11.8 Å². The molecule has 1 aliphatic rings. The van der Waals surface area contributed by atoms with Crippen molar-refractivity contribution in [2.75, 3.05) is 12.3 Å². The van der Waals surface area contributed by atoms with Gasteiger partial charge in [0.1, 0.15) is 0 Å². The molecule has 0 aliphatic carbocycles. The van der Waals surface area contributed by atoms with E-state index in [9.17, 15) is 0 Å². The molecule has 0 amide bonds. The van der Waals surface area contributed by atoms with Crippen LogP contribution in [0.2, 0.25) is 0 Å². The van der Waals surface area contributed by atoms with Crippen LogP contribution in [0.4, 0.5) is 0 Å². The highest BCUT2D eigenvalue weighted by Gasteiger charge is 2.27. The molecule has 0 bridgehead atoms. The number of benzene rings is 1. The second-order valence-electron chi connectivity index (χ2n) is 5.60. The van der Waals surface area contributed by atoms with Crippen molar-refractivity contribution in [1.29, 1.82) is 0 Å². The van der Waals surface area contributed by atoms with Crippen molar-refractivity contribution in [2.45, 2.75) is 43.9 Å². The quantitative estimate of drug-likeness (QED) is 0.877. The van der Waals surface area contributed by atoms with Crippen molar-refractivity contribution >= 4 is 11.8 Å². The number of nitrogens with one attached hydrogen (secondary N) is 1. The highest BCUT2D eigenvalue weighted by atomic mass is 32.2. The molecule has 94 valence electrons. The first-order valence-electron chi connectivity index (χ1n) is 6.50. The molecule has 2 heteroatoms. The number of hydrogen-bond acceptors (Lipinski definition) is 2. The summed E-state index contributed by atoms with van der Waals surface area (Å²) >= 11 is 2.09. The SMILES string of the molecule is CC1SCCC1NCC(C)(C)c1ccccc1. The Hall–Kier alpha value is -0.470. The van der Waals surface area contributed by atoms with Crippen LogP contribution in [0.1, 0.15) is 32.8 Å². The Morgan fingerprint density at radius 2 is 2.00 bits per heavy atom. The van der Waals surface area contributed by atoms with Gasteiger partial charge in [-0.25, -0.2) is 0 Å². The van der Waals surface area contributed by atoms with Crippen LogP contribution < -0.4 is 5.32 Å². The van der Waals surface area contributed by atoms with Crippen LogP contribution in [0.15, 0.2) is 30.3 Å². The molecule has 17 heavy (non-hydrogen) atoms. The molecule has 0 spiro atoms. The highest BCUT2D eigenvalue weighted by Crippen LogP contribution is 2.28. The lowest BCUT2D eigenvalue weighted by atomic mass is 9.84. The molecule has 1 aromatic rings. The van der Waals surface area contributed by atoms with Gasteiger partial charge in [0, 0.05) is 23.3 Å². The van der Waals surface area contributed by atoms with Crippen LogP contribution >= 0.6 is 11.8 Å². The molecule has 0 radical (unpaired) electrons. The van der Waals surface area contributed by atoms with Gasteiger partial charge in [0.2, 0.25) is 0 Å². The zero-order valence-corrected chi connectivity index (χ0v) is 11.9. The molecule has 1 N–H and O–H groups in total. The predicted octanol–water partition coefficient (Wildman–Crippen LogP) is 3.45. The molecule has 0 aromatic heterocycles. The molecular weight excluding hydrogens is 226 g/mol. The molecule has 2 atom stereocenters. The normalized spacial score (nSPS) is 25.1. The maximum absolute atomic E-state index is 3.75. The van der Waals surface area contributed by atoms with Crippen LogP contribution in [0.3, 0.4) is 0 Å². The second kappa shape index (κ2) is 5.45. The Bertz CT molecular complexity index is 347. The first kappa shape index (κ1) is 13.0. The first-order valence-corrected chi connectivity index (χ1v) is 7.55. The third-order valence-electron chi connectivity index (χ3n) is 3.74. The van der Waals surface area contributed by atoms with Gasteiger partial charge in [-0.15, -0.1) is 0 Å². The second-order valence-corrected chi connectivity index (χ2v) is 7.09. The zero-order valence-electron chi connectivity index (χ0n) is 11.1. The highest BCUT2D eigenvalue weighted by molar-refractivity contribution is 8.00. The average molecular weight is 249 g/mol. The van der Waals surface area contributed by atoms with Crippen molar-refractivity contribution in [3.8, 4) is 0 Å². The van der Waals surface area contributed by atoms with Crippen molar-refractivity contribution in [3.63, 3.8) is 0 Å². The van der Waals surface area contributed by atoms with Crippen LogP contribution in [0.5, 0.6) is 0 Å². The lowest BCUT2D eigenvalue weighted by Crippen LogP contribution is -2.41. The largest absolute Gasteiger partial charge is 0.312 e. The van der Waals surface area contributed by atoms with Gasteiger partial charge in [-0.05, 0) is 17.7 Å². The molecule has 2 rings (SSSR count). The number of hydrogen-bond donors (Lipinski definition) is 1. The Morgan fingerprint density at radius 3 is 2.59 bits per heavy atom. The first-order chi connectivity index (χ1) is 8.09. The van der Waals surface area contributed by atoms with Crippen LogP contribution in [0, 0.1) is 0 Å². The third kappa shape index (κ3) is 3.26. The molecule has 1 aliphatic heterocycles. The van der Waals surface area contributed by atoms with Gasteiger partial charge in [0.05, 0.1) is 0 Å². The topological polar surface area (TPSA) is 12.0 Å². The summed E-state index contributed by atoms with van der Waals surface area (Å²) in [5.74, 6) is 1.31. The zero-order chi connectivity index (χ0) is 12.3. The van der Waals surface area contributed by atoms with Crippen LogP contribution in [-0.2, 0) is 5.41 Å². The fraction of sp³-hybridized carbons (Fsp3) is 0.600. The minimum Gasteiger partial charge on any atom is -0.312 e. The Kier molecular flexibility index (Phi) is 4.16. The summed E-state index contributed by atoms with van der Waals surface area (Å²) in [6, 6.07) is 11.5. The van der Waals surface area contributed by atoms with E-state index in [1.807, 2.05) is 0 Å². The van der Waals surface area contributed by atoms with Gasteiger partial charge >= 0.3 is 0 Å². The summed E-state index contributed by atoms with van der Waals surface area (Å²) in [6.45, 7) is 8.04. The van der Waals surface area contributed by atoms with Crippen LogP contribution in [-0.4, -0.2) is 23.6 Å². The minimum absolute atomic E-state index is 0.217. The van der Waals surface area contributed by atoms with E-state index in [0.29, 0.717) is 6.04 Å². The van der Waals surface area contributed by atoms with Crippen LogP contribution in [0.25, 0.3) is 0 Å². The smallest absolute Gasteiger partial charge is 0.0192 e. The summed E-state index contributed by atoms with van der Waals surface area (Å²) < 4.78 is 0. The average Bonchev–Trinajstić information content (AvgIpc) is 2.74. The van der Waals surface area contributed by atoms with Crippen molar-refractivity contribution in [2.24, 2.45) is 0 Å². The summed E-state index contributed by atoms with van der Waals surface area (Å²) in [5, 5.41) is 4.51. The maximum Gasteiger partial charge on any atom is 0.0192 e. The summed E-state index contributed by atoms with van der Waals surface area (Å²) in [7, 11) is 0. The Morgan fingerprint density at radius 1 is 1.29 bits per heavy atom. The molecule has 1 fully saturated rings. The minimum atomic E-state index is 0.217. The van der Waals surface area contributed by atoms with Crippen molar-refractivity contribution < 1.29 is 0 Å². The van der Waals surface area contributed by atoms with E-state index < -0.39 is 0 Å². The molecule has 1 nitrogen and oxygen atoms in total. The third-order valence-corrected chi connectivity index (χ3v) is 5.06. The van der Waals surface area contributed by atoms with Gasteiger partial charge in [-0.3, -0.25) is 0 Å². The maximum atomic E-state index is 3.75. The molecule has 1 saturated heterocycles. The van der Waals surface area contributed by atoms with Crippen molar-refractivity contribution in [3.05, 3.63) is 35.9 Å². The summed E-state index contributed by atoms with van der Waals surface area (Å²) in [5.41, 5.74) is 1.64. The van der Waals surface area contributed by atoms with E-state index in [-0.39, 0.29) is 5.41 Å². The van der Waals surface area contributed by atoms with Gasteiger partial charge in [0.25, 0.3) is 0 Å². The number of thioether (sulfide) groups is 1. The molecular formula is C15H23NS. The standard InChI is InChI=1S/C15H23NS/c1-12-14(9-10-17-12)16-11-15(2,3)13-7-5-4-6-8-13/h4-8,12,14,16H,9-11H2,1-3H3. The van der Waals surface area contributed by atoms with Gasteiger partial charge in [-0.1, -0.05) is 51.1 Å². The molecule has 1 heterocycles. The Labute approximate surface area is 109 Å². The summed E-state index contributed by atoms with van der Waals surface area (Å²) in [4.78, 5) is 0. The lowest BCUT2D eigenvalue weighted by molar-refractivity contribution is 0.415. The molecule has 0 saturated carbocycles. The fourth-order valence-corrected chi connectivity index (χ4v) is 3.60. The van der Waals surface area contributed by atoms with E-state index in [1.54, 1.807) is 0 Å². The summed E-state index contributed by atoms with van der Waals surface area (Å²) in [6.07, 6.45) is 1.32. The van der Waals surface area contributed by atoms with E-state index in [1.165, 1.54) is 17.7 Å². The van der Waals surface area contributed by atoms with E-state index in [4.69, 9.17) is 0 Å². The number of rotatable bonds is 4. The van der Waals surface area contributed by atoms with E-state index >= 15 is 0 Å². The predicted molar refractivity (Wildman–Crippen MR) is 77.8 cm³/mol.